The lowest BCUT2D eigenvalue weighted by Crippen LogP contribution is -2.47. The van der Waals surface area contributed by atoms with Crippen LogP contribution in [0.5, 0.6) is 0 Å². The van der Waals surface area contributed by atoms with Gasteiger partial charge >= 0.3 is 6.18 Å². The average Bonchev–Trinajstić information content (AvgIpc) is 2.60. The summed E-state index contributed by atoms with van der Waals surface area (Å²) in [4.78, 5) is 3.54. The highest BCUT2D eigenvalue weighted by atomic mass is 127. The first-order valence-electron chi connectivity index (χ1n) is 8.64. The van der Waals surface area contributed by atoms with Crippen LogP contribution in [-0.4, -0.2) is 45.9 Å². The van der Waals surface area contributed by atoms with Gasteiger partial charge in [-0.3, -0.25) is 4.99 Å². The second kappa shape index (κ2) is 10.6. The second-order valence-electron chi connectivity index (χ2n) is 6.49. The maximum atomic E-state index is 13.7. The second-order valence-corrected chi connectivity index (χ2v) is 8.57. The van der Waals surface area contributed by atoms with E-state index in [0.717, 1.165) is 6.07 Å². The fourth-order valence-corrected chi connectivity index (χ4v) is 4.36. The molecule has 0 heterocycles. The van der Waals surface area contributed by atoms with Gasteiger partial charge in [0.25, 0.3) is 0 Å². The molecule has 0 bridgehead atoms. The first-order valence-corrected chi connectivity index (χ1v) is 10.3. The number of rotatable bonds is 5. The summed E-state index contributed by atoms with van der Waals surface area (Å²) in [5.74, 6) is -2.31. The van der Waals surface area contributed by atoms with Gasteiger partial charge in [-0.05, 0) is 31.4 Å². The van der Waals surface area contributed by atoms with E-state index in [-0.39, 0.29) is 66.0 Å². The van der Waals surface area contributed by atoms with Crippen LogP contribution < -0.4 is 10.6 Å². The van der Waals surface area contributed by atoms with Crippen LogP contribution in [-0.2, 0) is 9.84 Å². The van der Waals surface area contributed by atoms with Gasteiger partial charge in [-0.25, -0.2) is 12.8 Å². The van der Waals surface area contributed by atoms with Crippen molar-refractivity contribution < 1.29 is 26.0 Å². The molecule has 0 radical (unpaired) electrons. The number of halogens is 5. The molecule has 5 nitrogen and oxygen atoms in total. The number of sulfone groups is 1. The summed E-state index contributed by atoms with van der Waals surface area (Å²) < 4.78 is 76.7. The Balaban J connectivity index is 0.00000392. The summed E-state index contributed by atoms with van der Waals surface area (Å²) in [7, 11) is -2.38. The molecule has 160 valence electrons. The largest absolute Gasteiger partial charge is 0.391 e. The Morgan fingerprint density at radius 1 is 1.25 bits per heavy atom. The third-order valence-corrected chi connectivity index (χ3v) is 6.28. The molecule has 1 saturated carbocycles. The molecule has 1 aliphatic rings. The normalized spacial score (nSPS) is 21.0. The van der Waals surface area contributed by atoms with Crippen LogP contribution >= 0.6 is 24.0 Å². The Morgan fingerprint density at radius 3 is 2.54 bits per heavy atom. The molecular weight excluding hydrogens is 513 g/mol. The Morgan fingerprint density at radius 2 is 1.93 bits per heavy atom. The smallest absolute Gasteiger partial charge is 0.355 e. The summed E-state index contributed by atoms with van der Waals surface area (Å²) in [6, 6.07) is 4.71. The van der Waals surface area contributed by atoms with E-state index >= 15 is 0 Å². The van der Waals surface area contributed by atoms with Crippen LogP contribution in [0, 0.1) is 11.7 Å². The summed E-state index contributed by atoms with van der Waals surface area (Å²) in [5, 5.41) is 5.69. The van der Waals surface area contributed by atoms with Gasteiger partial charge in [0.2, 0.25) is 0 Å². The fraction of sp³-hybridized carbons (Fsp3) is 0.588. The molecule has 11 heteroatoms. The van der Waals surface area contributed by atoms with Gasteiger partial charge in [-0.1, -0.05) is 18.6 Å². The predicted octanol–water partition coefficient (Wildman–Crippen LogP) is 3.50. The van der Waals surface area contributed by atoms with Crippen molar-refractivity contribution >= 4 is 39.8 Å². The van der Waals surface area contributed by atoms with Gasteiger partial charge in [0.15, 0.2) is 15.8 Å². The number of benzene rings is 1. The van der Waals surface area contributed by atoms with Crippen molar-refractivity contribution in [1.82, 2.24) is 10.6 Å². The van der Waals surface area contributed by atoms with Crippen LogP contribution in [0.1, 0.15) is 25.7 Å². The molecule has 1 aliphatic carbocycles. The number of nitrogens with one attached hydrogen (secondary N) is 2. The third-order valence-electron chi connectivity index (χ3n) is 4.54. The summed E-state index contributed by atoms with van der Waals surface area (Å²) >= 11 is 0. The zero-order valence-corrected chi connectivity index (χ0v) is 18.4. The van der Waals surface area contributed by atoms with E-state index in [1.807, 2.05) is 0 Å². The highest BCUT2D eigenvalue weighted by Gasteiger charge is 2.42. The highest BCUT2D eigenvalue weighted by Crippen LogP contribution is 2.37. The van der Waals surface area contributed by atoms with Gasteiger partial charge in [0.05, 0.1) is 11.7 Å². The zero-order valence-electron chi connectivity index (χ0n) is 15.3. The third kappa shape index (κ3) is 7.05. The molecule has 2 unspecified atom stereocenters. The maximum Gasteiger partial charge on any atom is 0.391 e. The lowest BCUT2D eigenvalue weighted by molar-refractivity contribution is -0.183. The number of alkyl halides is 3. The number of hydrogen-bond acceptors (Lipinski definition) is 3. The minimum Gasteiger partial charge on any atom is -0.355 e. The Labute approximate surface area is 179 Å². The molecule has 0 aromatic heterocycles. The SMILES string of the molecule is CN=C(NCCS(=O)(=O)c1ccccc1F)NC1CCCC(C(F)(F)F)C1.I. The van der Waals surface area contributed by atoms with Crippen molar-refractivity contribution in [2.24, 2.45) is 10.9 Å². The summed E-state index contributed by atoms with van der Waals surface area (Å²) in [6.45, 7) is -0.0498. The van der Waals surface area contributed by atoms with Crippen LogP contribution in [0.3, 0.4) is 0 Å². The van der Waals surface area contributed by atoms with E-state index in [1.165, 1.54) is 25.2 Å². The topological polar surface area (TPSA) is 70.6 Å². The van der Waals surface area contributed by atoms with Crippen LogP contribution in [0.2, 0.25) is 0 Å². The number of nitrogens with zero attached hydrogens (tertiary/aromatic N) is 1. The predicted molar refractivity (Wildman–Crippen MR) is 110 cm³/mol. The number of hydrogen-bond donors (Lipinski definition) is 2. The fourth-order valence-electron chi connectivity index (χ4n) is 3.12. The molecule has 0 aliphatic heterocycles. The molecule has 2 atom stereocenters. The van der Waals surface area contributed by atoms with Crippen molar-refractivity contribution in [1.29, 1.82) is 0 Å². The average molecular weight is 537 g/mol. The van der Waals surface area contributed by atoms with E-state index < -0.39 is 27.7 Å². The zero-order chi connectivity index (χ0) is 20.1. The van der Waals surface area contributed by atoms with Crippen molar-refractivity contribution in [3.8, 4) is 0 Å². The lowest BCUT2D eigenvalue weighted by atomic mass is 9.85. The van der Waals surface area contributed by atoms with Crippen LogP contribution in [0.4, 0.5) is 17.6 Å². The Bertz CT molecular complexity index is 772. The van der Waals surface area contributed by atoms with Crippen molar-refractivity contribution in [2.75, 3.05) is 19.3 Å². The van der Waals surface area contributed by atoms with Crippen molar-refractivity contribution in [3.05, 3.63) is 30.1 Å². The first kappa shape index (κ1) is 24.9. The lowest BCUT2D eigenvalue weighted by Gasteiger charge is -2.31. The van der Waals surface area contributed by atoms with Crippen molar-refractivity contribution in [3.63, 3.8) is 0 Å². The maximum absolute atomic E-state index is 13.7. The number of aliphatic imine (C=N–C) groups is 1. The number of guanidine groups is 1. The van der Waals surface area contributed by atoms with Crippen molar-refractivity contribution in [2.45, 2.75) is 42.8 Å². The summed E-state index contributed by atoms with van der Waals surface area (Å²) in [6.07, 6.45) is -3.10. The van der Waals surface area contributed by atoms with Gasteiger partial charge in [0, 0.05) is 19.6 Å². The molecule has 1 fully saturated rings. The minimum atomic E-state index is -4.22. The van der Waals surface area contributed by atoms with E-state index in [0.29, 0.717) is 12.8 Å². The van der Waals surface area contributed by atoms with E-state index in [4.69, 9.17) is 0 Å². The first-order chi connectivity index (χ1) is 12.6. The van der Waals surface area contributed by atoms with Gasteiger partial charge < -0.3 is 10.6 Å². The summed E-state index contributed by atoms with van der Waals surface area (Å²) in [5.41, 5.74) is 0. The molecule has 0 saturated heterocycles. The van der Waals surface area contributed by atoms with E-state index in [1.54, 1.807) is 0 Å². The Kier molecular flexibility index (Phi) is 9.44. The van der Waals surface area contributed by atoms with Crippen LogP contribution in [0.25, 0.3) is 0 Å². The molecular formula is C17H24F4IN3O2S. The molecule has 0 amide bonds. The van der Waals surface area contributed by atoms with Gasteiger partial charge in [-0.2, -0.15) is 13.2 Å². The quantitative estimate of drug-likeness (QED) is 0.261. The molecule has 0 spiro atoms. The molecule has 2 rings (SSSR count). The molecule has 1 aromatic rings. The standard InChI is InChI=1S/C17H23F4N3O2S.HI/c1-22-16(24-13-6-4-5-12(11-13)17(19,20)21)23-9-10-27(25,26)15-8-3-2-7-14(15)18;/h2-3,7-8,12-13H,4-6,9-11H2,1H3,(H2,22,23,24);1H. The minimum absolute atomic E-state index is 0. The Hall–Kier alpha value is -1.11. The van der Waals surface area contributed by atoms with Crippen LogP contribution in [0.15, 0.2) is 34.2 Å². The molecule has 1 aromatic carbocycles. The molecule has 2 N–H and O–H groups in total. The monoisotopic (exact) mass is 537 g/mol. The van der Waals surface area contributed by atoms with Gasteiger partial charge in [-0.15, -0.1) is 24.0 Å². The van der Waals surface area contributed by atoms with Gasteiger partial charge in [0.1, 0.15) is 10.7 Å². The highest BCUT2D eigenvalue weighted by molar-refractivity contribution is 14.0. The van der Waals surface area contributed by atoms with E-state index in [2.05, 4.69) is 15.6 Å². The molecule has 28 heavy (non-hydrogen) atoms. The van der Waals surface area contributed by atoms with E-state index in [9.17, 15) is 26.0 Å².